The van der Waals surface area contributed by atoms with E-state index in [1.54, 1.807) is 0 Å². The number of amides is 1. The second-order valence-electron chi connectivity index (χ2n) is 8.77. The van der Waals surface area contributed by atoms with E-state index in [9.17, 15) is 4.79 Å². The lowest BCUT2D eigenvalue weighted by Crippen LogP contribution is -2.55. The van der Waals surface area contributed by atoms with Gasteiger partial charge in [0.05, 0.1) is 19.8 Å². The smallest absolute Gasteiger partial charge is 0.236 e. The Bertz CT molecular complexity index is 714. The topological polar surface area (TPSA) is 63.7 Å². The number of nitrogens with zero attached hydrogens (tertiary/aromatic N) is 5. The van der Waals surface area contributed by atoms with Crippen molar-refractivity contribution in [3.63, 3.8) is 0 Å². The Morgan fingerprint density at radius 1 is 1.09 bits per heavy atom. The summed E-state index contributed by atoms with van der Waals surface area (Å²) in [7, 11) is 4.03. The highest BCUT2D eigenvalue weighted by Gasteiger charge is 2.24. The molecule has 1 aromatic rings. The van der Waals surface area contributed by atoms with Gasteiger partial charge in [0, 0.05) is 65.4 Å². The Labute approximate surface area is 193 Å². The highest BCUT2D eigenvalue weighted by atomic mass is 16.5. The van der Waals surface area contributed by atoms with E-state index in [-0.39, 0.29) is 5.91 Å². The van der Waals surface area contributed by atoms with Crippen LogP contribution in [0.2, 0.25) is 0 Å². The zero-order chi connectivity index (χ0) is 22.8. The van der Waals surface area contributed by atoms with E-state index >= 15 is 0 Å². The van der Waals surface area contributed by atoms with Crippen LogP contribution in [0, 0.1) is 0 Å². The summed E-state index contributed by atoms with van der Waals surface area (Å²) in [6, 6.07) is 11.1. The van der Waals surface area contributed by atoms with Gasteiger partial charge < -0.3 is 19.9 Å². The number of rotatable bonds is 8. The molecule has 0 saturated carbocycles. The third-order valence-electron chi connectivity index (χ3n) is 6.48. The van der Waals surface area contributed by atoms with E-state index in [2.05, 4.69) is 69.3 Å². The minimum atomic E-state index is 0.220. The van der Waals surface area contributed by atoms with Crippen LogP contribution >= 0.6 is 0 Å². The number of ether oxygens (including phenoxy) is 1. The summed E-state index contributed by atoms with van der Waals surface area (Å²) < 4.78 is 5.34. The standard InChI is InChI=1S/C24H40N6O2/c1-21(27(3)19-22-7-5-4-6-8-22)9-10-26-24(25-2)30-13-11-28(12-14-30)20-23(31)29-15-17-32-18-16-29/h4-8,21H,9-20H2,1-3H3,(H,25,26). The van der Waals surface area contributed by atoms with Gasteiger partial charge in [-0.15, -0.1) is 0 Å². The highest BCUT2D eigenvalue weighted by Crippen LogP contribution is 2.09. The van der Waals surface area contributed by atoms with Crippen LogP contribution in [0.5, 0.6) is 0 Å². The fraction of sp³-hybridized carbons (Fsp3) is 0.667. The lowest BCUT2D eigenvalue weighted by Gasteiger charge is -2.37. The normalized spacial score (nSPS) is 19.3. The number of nitrogens with one attached hydrogen (secondary N) is 1. The van der Waals surface area contributed by atoms with Gasteiger partial charge in [-0.3, -0.25) is 19.6 Å². The average Bonchev–Trinajstić information content (AvgIpc) is 2.83. The van der Waals surface area contributed by atoms with Crippen LogP contribution in [0.25, 0.3) is 0 Å². The summed E-state index contributed by atoms with van der Waals surface area (Å²) in [6.07, 6.45) is 1.05. The van der Waals surface area contributed by atoms with E-state index in [1.807, 2.05) is 11.9 Å². The van der Waals surface area contributed by atoms with Crippen molar-refractivity contribution < 1.29 is 9.53 Å². The van der Waals surface area contributed by atoms with Crippen molar-refractivity contribution in [1.82, 2.24) is 24.9 Å². The first-order valence-electron chi connectivity index (χ1n) is 11.8. The largest absolute Gasteiger partial charge is 0.378 e. The van der Waals surface area contributed by atoms with E-state index in [0.717, 1.165) is 51.6 Å². The van der Waals surface area contributed by atoms with Crippen molar-refractivity contribution in [1.29, 1.82) is 0 Å². The minimum Gasteiger partial charge on any atom is -0.378 e. The average molecular weight is 445 g/mol. The zero-order valence-corrected chi connectivity index (χ0v) is 20.0. The van der Waals surface area contributed by atoms with E-state index in [0.29, 0.717) is 38.9 Å². The minimum absolute atomic E-state index is 0.220. The molecule has 0 aliphatic carbocycles. The molecule has 1 unspecified atom stereocenters. The zero-order valence-electron chi connectivity index (χ0n) is 20.0. The number of aliphatic imine (C=N–C) groups is 1. The molecule has 2 aliphatic rings. The predicted octanol–water partition coefficient (Wildman–Crippen LogP) is 0.949. The molecule has 1 amide bonds. The molecule has 2 heterocycles. The molecule has 2 fully saturated rings. The van der Waals surface area contributed by atoms with E-state index < -0.39 is 0 Å². The summed E-state index contributed by atoms with van der Waals surface area (Å²) in [5.41, 5.74) is 1.34. The van der Waals surface area contributed by atoms with Crippen LogP contribution < -0.4 is 5.32 Å². The van der Waals surface area contributed by atoms with Crippen molar-refractivity contribution in [2.45, 2.75) is 25.9 Å². The molecule has 0 aromatic heterocycles. The molecule has 8 nitrogen and oxygen atoms in total. The molecule has 1 aromatic carbocycles. The number of guanidine groups is 1. The second-order valence-corrected chi connectivity index (χ2v) is 8.77. The lowest BCUT2D eigenvalue weighted by molar-refractivity contribution is -0.136. The van der Waals surface area contributed by atoms with Crippen LogP contribution in [-0.4, -0.2) is 117 Å². The van der Waals surface area contributed by atoms with Gasteiger partial charge in [-0.25, -0.2) is 0 Å². The van der Waals surface area contributed by atoms with Gasteiger partial charge in [0.15, 0.2) is 5.96 Å². The third-order valence-corrected chi connectivity index (χ3v) is 6.48. The number of hydrogen-bond donors (Lipinski definition) is 1. The van der Waals surface area contributed by atoms with Gasteiger partial charge in [0.2, 0.25) is 5.91 Å². The fourth-order valence-electron chi connectivity index (χ4n) is 4.19. The monoisotopic (exact) mass is 444 g/mol. The van der Waals surface area contributed by atoms with Crippen LogP contribution in [0.3, 0.4) is 0 Å². The fourth-order valence-corrected chi connectivity index (χ4v) is 4.19. The van der Waals surface area contributed by atoms with Crippen LogP contribution in [0.4, 0.5) is 0 Å². The molecule has 2 aliphatic heterocycles. The summed E-state index contributed by atoms with van der Waals surface area (Å²) in [5, 5.41) is 3.54. The molecular weight excluding hydrogens is 404 g/mol. The van der Waals surface area contributed by atoms with Crippen molar-refractivity contribution in [2.75, 3.05) is 79.7 Å². The third kappa shape index (κ3) is 7.46. The molecule has 3 rings (SSSR count). The molecule has 0 radical (unpaired) electrons. The number of carbonyl (C=O) groups is 1. The van der Waals surface area contributed by atoms with Gasteiger partial charge in [-0.2, -0.15) is 0 Å². The molecule has 1 atom stereocenters. The molecule has 2 saturated heterocycles. The summed E-state index contributed by atoms with van der Waals surface area (Å²) in [5.74, 6) is 1.18. The van der Waals surface area contributed by atoms with E-state index in [1.165, 1.54) is 5.56 Å². The summed E-state index contributed by atoms with van der Waals surface area (Å²) in [4.78, 5) is 25.8. The lowest BCUT2D eigenvalue weighted by atomic mass is 10.1. The van der Waals surface area contributed by atoms with Crippen molar-refractivity contribution in [3.8, 4) is 0 Å². The number of carbonyl (C=O) groups excluding carboxylic acids is 1. The van der Waals surface area contributed by atoms with Crippen LogP contribution in [0.1, 0.15) is 18.9 Å². The quantitative estimate of drug-likeness (QED) is 0.476. The van der Waals surface area contributed by atoms with Crippen LogP contribution in [0.15, 0.2) is 35.3 Å². The molecule has 8 heteroatoms. The maximum absolute atomic E-state index is 12.5. The first-order valence-corrected chi connectivity index (χ1v) is 11.8. The maximum Gasteiger partial charge on any atom is 0.236 e. The van der Waals surface area contributed by atoms with Gasteiger partial charge >= 0.3 is 0 Å². The highest BCUT2D eigenvalue weighted by molar-refractivity contribution is 5.80. The molecule has 178 valence electrons. The number of morpholine rings is 1. The number of hydrogen-bond acceptors (Lipinski definition) is 5. The van der Waals surface area contributed by atoms with Crippen molar-refractivity contribution >= 4 is 11.9 Å². The van der Waals surface area contributed by atoms with Crippen molar-refractivity contribution in [2.24, 2.45) is 4.99 Å². The number of piperazine rings is 1. The Morgan fingerprint density at radius 2 is 1.78 bits per heavy atom. The first-order chi connectivity index (χ1) is 15.6. The maximum atomic E-state index is 12.5. The van der Waals surface area contributed by atoms with Gasteiger partial charge in [-0.1, -0.05) is 30.3 Å². The molecule has 0 bridgehead atoms. The molecule has 0 spiro atoms. The van der Waals surface area contributed by atoms with Gasteiger partial charge in [0.1, 0.15) is 0 Å². The first kappa shape index (κ1) is 24.5. The van der Waals surface area contributed by atoms with Crippen molar-refractivity contribution in [3.05, 3.63) is 35.9 Å². The van der Waals surface area contributed by atoms with Gasteiger partial charge in [-0.05, 0) is 26.0 Å². The SMILES string of the molecule is CN=C(NCCC(C)N(C)Cc1ccccc1)N1CCN(CC(=O)N2CCOCC2)CC1. The number of benzene rings is 1. The van der Waals surface area contributed by atoms with Crippen LogP contribution in [-0.2, 0) is 16.1 Å². The molecular formula is C24H40N6O2. The predicted molar refractivity (Wildman–Crippen MR) is 129 cm³/mol. The summed E-state index contributed by atoms with van der Waals surface area (Å²) in [6.45, 7) is 10.9. The molecule has 1 N–H and O–H groups in total. The Hall–Kier alpha value is -2.16. The Morgan fingerprint density at radius 3 is 2.44 bits per heavy atom. The van der Waals surface area contributed by atoms with Gasteiger partial charge in [0.25, 0.3) is 0 Å². The Kier molecular flexibility index (Phi) is 9.77. The second kappa shape index (κ2) is 12.8. The summed E-state index contributed by atoms with van der Waals surface area (Å²) >= 11 is 0. The van der Waals surface area contributed by atoms with E-state index in [4.69, 9.17) is 4.74 Å². The molecule has 32 heavy (non-hydrogen) atoms. The Balaban J connectivity index is 1.35.